The Morgan fingerprint density at radius 2 is 2.06 bits per heavy atom. The quantitative estimate of drug-likeness (QED) is 0.823. The van der Waals surface area contributed by atoms with E-state index in [2.05, 4.69) is 4.74 Å². The molecule has 0 amide bonds. The molecule has 4 nitrogen and oxygen atoms in total. The molecule has 2 aromatic rings. The van der Waals surface area contributed by atoms with Crippen molar-refractivity contribution in [3.8, 4) is 11.5 Å². The number of methoxy groups -OCH3 is 1. The highest BCUT2D eigenvalue weighted by Crippen LogP contribution is 2.29. The molecule has 1 N–H and O–H groups in total. The number of phenolic OH excluding ortho intramolecular Hbond substituents is 1. The molecule has 0 unspecified atom stereocenters. The normalized spacial score (nSPS) is 10.2. The van der Waals surface area contributed by atoms with Gasteiger partial charge in [0.25, 0.3) is 0 Å². The predicted octanol–water partition coefficient (Wildman–Crippen LogP) is 2.10. The number of phenols is 1. The van der Waals surface area contributed by atoms with Gasteiger partial charge in [-0.3, -0.25) is 0 Å². The van der Waals surface area contributed by atoms with Crippen molar-refractivity contribution in [2.75, 3.05) is 13.7 Å². The summed E-state index contributed by atoms with van der Waals surface area (Å²) in [6.45, 7) is -0.172. The van der Waals surface area contributed by atoms with E-state index in [1.807, 2.05) is 24.3 Å². The average molecular weight is 232 g/mol. The van der Waals surface area contributed by atoms with Crippen molar-refractivity contribution in [3.63, 3.8) is 0 Å². The van der Waals surface area contributed by atoms with Crippen LogP contribution in [0, 0.1) is 0 Å². The third-order valence-corrected chi connectivity index (χ3v) is 2.40. The van der Waals surface area contributed by atoms with Gasteiger partial charge in [0.15, 0.2) is 6.61 Å². The molecule has 0 saturated carbocycles. The molecule has 0 heterocycles. The van der Waals surface area contributed by atoms with E-state index in [4.69, 9.17) is 4.74 Å². The summed E-state index contributed by atoms with van der Waals surface area (Å²) in [5, 5.41) is 11.4. The molecular formula is C13H12O4. The van der Waals surface area contributed by atoms with Gasteiger partial charge in [-0.05, 0) is 11.5 Å². The summed E-state index contributed by atoms with van der Waals surface area (Å²) in [4.78, 5) is 10.9. The van der Waals surface area contributed by atoms with Gasteiger partial charge in [0, 0.05) is 11.5 Å². The minimum Gasteiger partial charge on any atom is -0.507 e. The number of aromatic hydroxyl groups is 1. The zero-order chi connectivity index (χ0) is 12.3. The van der Waals surface area contributed by atoms with Crippen LogP contribution in [0.5, 0.6) is 11.5 Å². The van der Waals surface area contributed by atoms with Gasteiger partial charge in [-0.1, -0.05) is 24.3 Å². The SMILES string of the molecule is COC(=O)COc1cc(O)c2ccccc2c1. The maximum Gasteiger partial charge on any atom is 0.343 e. The van der Waals surface area contributed by atoms with E-state index >= 15 is 0 Å². The highest BCUT2D eigenvalue weighted by molar-refractivity contribution is 5.89. The van der Waals surface area contributed by atoms with Gasteiger partial charge in [0.2, 0.25) is 0 Å². The maximum absolute atomic E-state index is 10.9. The van der Waals surface area contributed by atoms with Gasteiger partial charge < -0.3 is 14.6 Å². The van der Waals surface area contributed by atoms with Crippen molar-refractivity contribution in [2.24, 2.45) is 0 Å². The van der Waals surface area contributed by atoms with Crippen LogP contribution in [-0.4, -0.2) is 24.8 Å². The first-order valence-corrected chi connectivity index (χ1v) is 5.12. The number of ether oxygens (including phenoxy) is 2. The fourth-order valence-electron chi connectivity index (χ4n) is 1.55. The lowest BCUT2D eigenvalue weighted by atomic mass is 10.1. The topological polar surface area (TPSA) is 55.8 Å². The van der Waals surface area contributed by atoms with E-state index in [9.17, 15) is 9.90 Å². The summed E-state index contributed by atoms with van der Waals surface area (Å²) in [6.07, 6.45) is 0. The minimum atomic E-state index is -0.461. The Bertz CT molecular complexity index is 548. The smallest absolute Gasteiger partial charge is 0.343 e. The molecule has 2 rings (SSSR count). The first-order chi connectivity index (χ1) is 8.20. The molecule has 0 bridgehead atoms. The number of carbonyl (C=O) groups is 1. The fraction of sp³-hybridized carbons (Fsp3) is 0.154. The van der Waals surface area contributed by atoms with Crippen LogP contribution in [0.2, 0.25) is 0 Å². The Kier molecular flexibility index (Phi) is 3.14. The molecule has 0 spiro atoms. The van der Waals surface area contributed by atoms with E-state index in [1.54, 1.807) is 6.07 Å². The monoisotopic (exact) mass is 232 g/mol. The lowest BCUT2D eigenvalue weighted by Gasteiger charge is -2.07. The lowest BCUT2D eigenvalue weighted by molar-refractivity contribution is -0.142. The van der Waals surface area contributed by atoms with Gasteiger partial charge in [-0.2, -0.15) is 0 Å². The van der Waals surface area contributed by atoms with Gasteiger partial charge in [-0.25, -0.2) is 4.79 Å². The molecule has 0 aliphatic heterocycles. The molecule has 0 saturated heterocycles. The van der Waals surface area contributed by atoms with E-state index in [0.29, 0.717) is 5.75 Å². The van der Waals surface area contributed by atoms with Crippen LogP contribution >= 0.6 is 0 Å². The standard InChI is InChI=1S/C13H12O4/c1-16-13(15)8-17-10-6-9-4-2-3-5-11(9)12(14)7-10/h2-7,14H,8H2,1H3. The fourth-order valence-corrected chi connectivity index (χ4v) is 1.55. The molecular weight excluding hydrogens is 220 g/mol. The molecule has 0 atom stereocenters. The van der Waals surface area contributed by atoms with E-state index < -0.39 is 5.97 Å². The maximum atomic E-state index is 10.9. The molecule has 0 aliphatic rings. The summed E-state index contributed by atoms with van der Waals surface area (Å²) in [5.74, 6) is 0.104. The Morgan fingerprint density at radius 3 is 2.82 bits per heavy atom. The van der Waals surface area contributed by atoms with Crippen molar-refractivity contribution in [3.05, 3.63) is 36.4 Å². The highest BCUT2D eigenvalue weighted by atomic mass is 16.6. The predicted molar refractivity (Wildman–Crippen MR) is 63.1 cm³/mol. The van der Waals surface area contributed by atoms with Crippen LogP contribution in [0.15, 0.2) is 36.4 Å². The number of esters is 1. The van der Waals surface area contributed by atoms with Crippen molar-refractivity contribution in [1.82, 2.24) is 0 Å². The summed E-state index contributed by atoms with van der Waals surface area (Å²) in [6, 6.07) is 10.6. The first-order valence-electron chi connectivity index (χ1n) is 5.12. The number of hydrogen-bond acceptors (Lipinski definition) is 4. The van der Waals surface area contributed by atoms with Crippen molar-refractivity contribution in [1.29, 1.82) is 0 Å². The lowest BCUT2D eigenvalue weighted by Crippen LogP contribution is -2.12. The van der Waals surface area contributed by atoms with Crippen LogP contribution in [0.25, 0.3) is 10.8 Å². The van der Waals surface area contributed by atoms with Crippen LogP contribution < -0.4 is 4.74 Å². The Labute approximate surface area is 98.4 Å². The second-order valence-corrected chi connectivity index (χ2v) is 3.53. The van der Waals surface area contributed by atoms with Gasteiger partial charge >= 0.3 is 5.97 Å². The second-order valence-electron chi connectivity index (χ2n) is 3.53. The molecule has 0 aromatic heterocycles. The number of rotatable bonds is 3. The number of carbonyl (C=O) groups excluding carboxylic acids is 1. The van der Waals surface area contributed by atoms with Crippen LogP contribution in [0.1, 0.15) is 0 Å². The third-order valence-electron chi connectivity index (χ3n) is 2.40. The Balaban J connectivity index is 2.27. The van der Waals surface area contributed by atoms with E-state index in [-0.39, 0.29) is 12.4 Å². The highest BCUT2D eigenvalue weighted by Gasteiger charge is 2.05. The summed E-state index contributed by atoms with van der Waals surface area (Å²) >= 11 is 0. The molecule has 88 valence electrons. The van der Waals surface area contributed by atoms with Crippen LogP contribution in [0.4, 0.5) is 0 Å². The second kappa shape index (κ2) is 4.74. The Hall–Kier alpha value is -2.23. The summed E-state index contributed by atoms with van der Waals surface area (Å²) < 4.78 is 9.68. The average Bonchev–Trinajstić information content (AvgIpc) is 2.36. The van der Waals surface area contributed by atoms with Gasteiger partial charge in [0.05, 0.1) is 7.11 Å². The van der Waals surface area contributed by atoms with E-state index in [1.165, 1.54) is 13.2 Å². The van der Waals surface area contributed by atoms with Crippen molar-refractivity contribution in [2.45, 2.75) is 0 Å². The zero-order valence-corrected chi connectivity index (χ0v) is 9.34. The molecule has 0 radical (unpaired) electrons. The van der Waals surface area contributed by atoms with Gasteiger partial charge in [0.1, 0.15) is 11.5 Å². The summed E-state index contributed by atoms with van der Waals surface area (Å²) in [5.41, 5.74) is 0. The minimum absolute atomic E-state index is 0.128. The Morgan fingerprint density at radius 1 is 1.29 bits per heavy atom. The van der Waals surface area contributed by atoms with Crippen LogP contribution in [0.3, 0.4) is 0 Å². The molecule has 4 heteroatoms. The van der Waals surface area contributed by atoms with Crippen LogP contribution in [-0.2, 0) is 9.53 Å². The number of benzene rings is 2. The third kappa shape index (κ3) is 2.47. The zero-order valence-electron chi connectivity index (χ0n) is 9.34. The molecule has 17 heavy (non-hydrogen) atoms. The molecule has 2 aromatic carbocycles. The summed E-state index contributed by atoms with van der Waals surface area (Å²) in [7, 11) is 1.30. The first kappa shape index (κ1) is 11.3. The molecule has 0 aliphatic carbocycles. The largest absolute Gasteiger partial charge is 0.507 e. The number of fused-ring (bicyclic) bond motifs is 1. The van der Waals surface area contributed by atoms with Crippen molar-refractivity contribution < 1.29 is 19.4 Å². The number of hydrogen-bond donors (Lipinski definition) is 1. The van der Waals surface area contributed by atoms with Gasteiger partial charge in [-0.15, -0.1) is 0 Å². The molecule has 0 fully saturated rings. The van der Waals surface area contributed by atoms with Crippen molar-refractivity contribution >= 4 is 16.7 Å². The van der Waals surface area contributed by atoms with E-state index in [0.717, 1.165) is 10.8 Å².